The second-order valence-corrected chi connectivity index (χ2v) is 6.23. The van der Waals surface area contributed by atoms with Gasteiger partial charge in [-0.05, 0) is 31.2 Å². The van der Waals surface area contributed by atoms with E-state index in [9.17, 15) is 4.79 Å². The molecular formula is C15H11BrO2. The number of halogens is 1. The highest BCUT2D eigenvalue weighted by atomic mass is 79.9. The van der Waals surface area contributed by atoms with Gasteiger partial charge >= 0.3 is 0 Å². The molecule has 0 saturated carbocycles. The molecule has 0 saturated heterocycles. The lowest BCUT2D eigenvalue weighted by Gasteiger charge is -2.09. The van der Waals surface area contributed by atoms with Crippen LogP contribution in [-0.2, 0) is 0 Å². The smallest absolute Gasteiger partial charge is 0.200 e. The first-order chi connectivity index (χ1) is 8.57. The quantitative estimate of drug-likeness (QED) is 0.689. The van der Waals surface area contributed by atoms with Gasteiger partial charge in [-0.3, -0.25) is 4.79 Å². The van der Waals surface area contributed by atoms with E-state index in [1.165, 1.54) is 0 Å². The fourth-order valence-corrected chi connectivity index (χ4v) is 2.26. The Labute approximate surface area is 113 Å². The van der Waals surface area contributed by atoms with Gasteiger partial charge in [-0.1, -0.05) is 40.2 Å². The molecule has 3 rings (SSSR count). The topological polar surface area (TPSA) is 30.2 Å². The van der Waals surface area contributed by atoms with E-state index in [2.05, 4.69) is 15.9 Å². The summed E-state index contributed by atoms with van der Waals surface area (Å²) in [5.74, 6) is 0.609. The molecule has 0 spiro atoms. The molecule has 0 N–H and O–H groups in total. The lowest BCUT2D eigenvalue weighted by atomic mass is 10.1. The fourth-order valence-electron chi connectivity index (χ4n) is 2.00. The SMILES string of the molecule is CC1(Br)C=Cc2oc3ccccc3c(=O)c2C=C1. The molecule has 1 aromatic carbocycles. The first-order valence-electron chi connectivity index (χ1n) is 5.70. The van der Waals surface area contributed by atoms with Crippen LogP contribution >= 0.6 is 15.9 Å². The molecule has 1 unspecified atom stereocenters. The van der Waals surface area contributed by atoms with E-state index in [-0.39, 0.29) is 9.75 Å². The average molecular weight is 303 g/mol. The van der Waals surface area contributed by atoms with Gasteiger partial charge in [0, 0.05) is 0 Å². The van der Waals surface area contributed by atoms with Crippen LogP contribution in [0.25, 0.3) is 23.1 Å². The van der Waals surface area contributed by atoms with Crippen molar-refractivity contribution in [3.63, 3.8) is 0 Å². The van der Waals surface area contributed by atoms with Gasteiger partial charge in [0.1, 0.15) is 11.3 Å². The van der Waals surface area contributed by atoms with E-state index >= 15 is 0 Å². The summed E-state index contributed by atoms with van der Waals surface area (Å²) in [6.07, 6.45) is 7.58. The Hall–Kier alpha value is -1.61. The number of benzene rings is 1. The summed E-state index contributed by atoms with van der Waals surface area (Å²) in [4.78, 5) is 12.4. The van der Waals surface area contributed by atoms with Crippen LogP contribution in [0.4, 0.5) is 0 Å². The van der Waals surface area contributed by atoms with Crippen LogP contribution in [0.2, 0.25) is 0 Å². The molecule has 1 aromatic heterocycles. The van der Waals surface area contributed by atoms with Crippen LogP contribution in [0, 0.1) is 0 Å². The molecule has 1 heterocycles. The van der Waals surface area contributed by atoms with Crippen molar-refractivity contribution in [1.82, 2.24) is 0 Å². The second kappa shape index (κ2) is 3.95. The molecule has 2 nitrogen and oxygen atoms in total. The highest BCUT2D eigenvalue weighted by Gasteiger charge is 2.18. The third-order valence-corrected chi connectivity index (χ3v) is 3.53. The molecule has 2 aromatic rings. The van der Waals surface area contributed by atoms with Gasteiger partial charge in [0.2, 0.25) is 5.43 Å². The third kappa shape index (κ3) is 1.85. The Bertz CT molecular complexity index is 736. The summed E-state index contributed by atoms with van der Waals surface area (Å²) < 4.78 is 5.53. The Morgan fingerprint density at radius 3 is 2.72 bits per heavy atom. The number of rotatable bonds is 0. The monoisotopic (exact) mass is 302 g/mol. The van der Waals surface area contributed by atoms with Crippen LogP contribution in [0.15, 0.2) is 45.6 Å². The van der Waals surface area contributed by atoms with Crippen LogP contribution < -0.4 is 5.43 Å². The maximum absolute atomic E-state index is 12.4. The zero-order chi connectivity index (χ0) is 12.8. The first-order valence-corrected chi connectivity index (χ1v) is 6.49. The van der Waals surface area contributed by atoms with Crippen LogP contribution in [0.3, 0.4) is 0 Å². The molecule has 0 fully saturated rings. The summed E-state index contributed by atoms with van der Waals surface area (Å²) in [5, 5.41) is 0.618. The third-order valence-electron chi connectivity index (χ3n) is 3.00. The van der Waals surface area contributed by atoms with E-state index in [1.54, 1.807) is 6.07 Å². The molecule has 0 radical (unpaired) electrons. The molecule has 0 amide bonds. The highest BCUT2D eigenvalue weighted by molar-refractivity contribution is 9.10. The molecule has 0 aliphatic heterocycles. The molecule has 18 heavy (non-hydrogen) atoms. The van der Waals surface area contributed by atoms with E-state index in [0.717, 1.165) is 0 Å². The predicted octanol–water partition coefficient (Wildman–Crippen LogP) is 3.99. The number of hydrogen-bond acceptors (Lipinski definition) is 2. The molecule has 0 bridgehead atoms. The van der Waals surface area contributed by atoms with Crippen LogP contribution in [0.5, 0.6) is 0 Å². The minimum absolute atomic E-state index is 0.0120. The van der Waals surface area contributed by atoms with E-state index in [0.29, 0.717) is 22.3 Å². The van der Waals surface area contributed by atoms with E-state index in [1.807, 2.05) is 49.4 Å². The predicted molar refractivity (Wildman–Crippen MR) is 77.9 cm³/mol. The summed E-state index contributed by atoms with van der Waals surface area (Å²) in [6.45, 7) is 2.01. The lowest BCUT2D eigenvalue weighted by Crippen LogP contribution is -2.07. The van der Waals surface area contributed by atoms with Crippen LogP contribution in [-0.4, -0.2) is 4.32 Å². The number of fused-ring (bicyclic) bond motifs is 2. The van der Waals surface area contributed by atoms with E-state index in [4.69, 9.17) is 4.42 Å². The summed E-state index contributed by atoms with van der Waals surface area (Å²) in [5.41, 5.74) is 1.24. The second-order valence-electron chi connectivity index (χ2n) is 4.52. The Balaban J connectivity index is 2.39. The van der Waals surface area contributed by atoms with Gasteiger partial charge in [-0.2, -0.15) is 0 Å². The first kappa shape index (κ1) is 11.5. The minimum Gasteiger partial charge on any atom is -0.456 e. The van der Waals surface area contributed by atoms with Gasteiger partial charge in [0.05, 0.1) is 15.3 Å². The Kier molecular flexibility index (Phi) is 2.52. The zero-order valence-electron chi connectivity index (χ0n) is 9.81. The molecule has 3 heteroatoms. The van der Waals surface area contributed by atoms with Gasteiger partial charge in [0.25, 0.3) is 0 Å². The van der Waals surface area contributed by atoms with Gasteiger partial charge in [-0.15, -0.1) is 0 Å². The minimum atomic E-state index is -0.250. The van der Waals surface area contributed by atoms with Gasteiger partial charge in [-0.25, -0.2) is 0 Å². The molecule has 90 valence electrons. The van der Waals surface area contributed by atoms with Crippen molar-refractivity contribution in [3.05, 3.63) is 58.0 Å². The number of allylic oxidation sites excluding steroid dienone is 2. The largest absolute Gasteiger partial charge is 0.456 e. The summed E-state index contributed by atoms with van der Waals surface area (Å²) in [6, 6.07) is 7.31. The van der Waals surface area contributed by atoms with Crippen LogP contribution in [0.1, 0.15) is 18.2 Å². The van der Waals surface area contributed by atoms with Crippen molar-refractivity contribution >= 4 is 39.1 Å². The van der Waals surface area contributed by atoms with E-state index < -0.39 is 0 Å². The fraction of sp³-hybridized carbons (Fsp3) is 0.133. The van der Waals surface area contributed by atoms with Crippen molar-refractivity contribution in [3.8, 4) is 0 Å². The molecule has 1 atom stereocenters. The number of para-hydroxylation sites is 1. The number of hydrogen-bond donors (Lipinski definition) is 0. The maximum Gasteiger partial charge on any atom is 0.200 e. The Morgan fingerprint density at radius 2 is 1.89 bits per heavy atom. The molecule has 1 aliphatic carbocycles. The van der Waals surface area contributed by atoms with Crippen molar-refractivity contribution in [2.75, 3.05) is 0 Å². The van der Waals surface area contributed by atoms with Gasteiger partial charge in [0.15, 0.2) is 0 Å². The van der Waals surface area contributed by atoms with Crippen molar-refractivity contribution in [2.45, 2.75) is 11.2 Å². The van der Waals surface area contributed by atoms with Crippen molar-refractivity contribution < 1.29 is 4.42 Å². The average Bonchev–Trinajstić information content (AvgIpc) is 2.50. The highest BCUT2D eigenvalue weighted by Crippen LogP contribution is 2.28. The van der Waals surface area contributed by atoms with Crippen molar-refractivity contribution in [1.29, 1.82) is 0 Å². The van der Waals surface area contributed by atoms with Crippen molar-refractivity contribution in [2.24, 2.45) is 0 Å². The standard InChI is InChI=1S/C15H11BrO2/c1-15(16)8-6-11-13(7-9-15)18-12-5-3-2-4-10(12)14(11)17/h2-9H,1H3. The summed E-state index contributed by atoms with van der Waals surface area (Å²) >= 11 is 3.56. The lowest BCUT2D eigenvalue weighted by molar-refractivity contribution is 0.589. The maximum atomic E-state index is 12.4. The number of alkyl halides is 1. The molecule has 1 aliphatic rings. The summed E-state index contributed by atoms with van der Waals surface area (Å²) in [7, 11) is 0. The Morgan fingerprint density at radius 1 is 1.17 bits per heavy atom. The molecular weight excluding hydrogens is 292 g/mol. The zero-order valence-corrected chi connectivity index (χ0v) is 11.4. The van der Waals surface area contributed by atoms with Gasteiger partial charge < -0.3 is 4.42 Å². The normalized spacial score (nSPS) is 21.9.